The van der Waals surface area contributed by atoms with Gasteiger partial charge in [-0.15, -0.1) is 0 Å². The van der Waals surface area contributed by atoms with Gasteiger partial charge in [0.1, 0.15) is 11.6 Å². The number of nitrogens with one attached hydrogen (secondary N) is 1. The minimum absolute atomic E-state index is 0.0200. The monoisotopic (exact) mass is 280 g/mol. The quantitative estimate of drug-likeness (QED) is 0.861. The molecule has 4 nitrogen and oxygen atoms in total. The summed E-state index contributed by atoms with van der Waals surface area (Å²) < 4.78 is 0. The Morgan fingerprint density at radius 2 is 1.55 bits per heavy atom. The third-order valence-corrected chi connectivity index (χ3v) is 6.00. The Morgan fingerprint density at radius 1 is 1.05 bits per heavy atom. The Balaban J connectivity index is 2.24. The molecular formula is C16H28N2O2. The predicted molar refractivity (Wildman–Crippen MR) is 79.1 cm³/mol. The highest BCUT2D eigenvalue weighted by Crippen LogP contribution is 2.68. The SMILES string of the molecule is CCC1C(=O)NC(C)(C)C(=O)N1CC1C(C)(C)C1(C)C. The van der Waals surface area contributed by atoms with Gasteiger partial charge in [0, 0.05) is 6.54 Å². The van der Waals surface area contributed by atoms with Crippen molar-refractivity contribution >= 4 is 11.8 Å². The molecule has 20 heavy (non-hydrogen) atoms. The van der Waals surface area contributed by atoms with Gasteiger partial charge in [-0.2, -0.15) is 0 Å². The van der Waals surface area contributed by atoms with Crippen molar-refractivity contribution in [3.8, 4) is 0 Å². The van der Waals surface area contributed by atoms with Gasteiger partial charge in [-0.1, -0.05) is 34.6 Å². The topological polar surface area (TPSA) is 49.4 Å². The third kappa shape index (κ3) is 1.95. The molecule has 1 aliphatic heterocycles. The number of nitrogens with zero attached hydrogens (tertiary/aromatic N) is 1. The molecule has 0 aromatic carbocycles. The molecule has 4 heteroatoms. The van der Waals surface area contributed by atoms with Crippen LogP contribution in [0.3, 0.4) is 0 Å². The van der Waals surface area contributed by atoms with Gasteiger partial charge in [0.25, 0.3) is 0 Å². The number of hydrogen-bond donors (Lipinski definition) is 1. The predicted octanol–water partition coefficient (Wildman–Crippen LogP) is 2.18. The second-order valence-corrected chi connectivity index (χ2v) is 7.99. The second kappa shape index (κ2) is 4.22. The number of piperazine rings is 1. The molecule has 0 radical (unpaired) electrons. The van der Waals surface area contributed by atoms with Crippen LogP contribution in [0.15, 0.2) is 0 Å². The number of hydrogen-bond acceptors (Lipinski definition) is 2. The summed E-state index contributed by atoms with van der Waals surface area (Å²) in [5, 5.41) is 2.84. The molecule has 0 spiro atoms. The van der Waals surface area contributed by atoms with E-state index < -0.39 is 5.54 Å². The van der Waals surface area contributed by atoms with Crippen molar-refractivity contribution < 1.29 is 9.59 Å². The Bertz CT molecular complexity index is 437. The average Bonchev–Trinajstić information content (AvgIpc) is 2.67. The molecule has 1 aliphatic carbocycles. The summed E-state index contributed by atoms with van der Waals surface area (Å²) in [4.78, 5) is 26.7. The van der Waals surface area contributed by atoms with Gasteiger partial charge < -0.3 is 10.2 Å². The molecular weight excluding hydrogens is 252 g/mol. The van der Waals surface area contributed by atoms with Crippen LogP contribution in [0.2, 0.25) is 0 Å². The fourth-order valence-corrected chi connectivity index (χ4v) is 3.69. The molecule has 1 saturated carbocycles. The van der Waals surface area contributed by atoms with Crippen LogP contribution >= 0.6 is 0 Å². The maximum atomic E-state index is 12.7. The lowest BCUT2D eigenvalue weighted by atomic mass is 9.95. The fraction of sp³-hybridized carbons (Fsp3) is 0.875. The van der Waals surface area contributed by atoms with E-state index in [1.54, 1.807) is 13.8 Å². The van der Waals surface area contributed by atoms with Crippen molar-refractivity contribution in [3.05, 3.63) is 0 Å². The average molecular weight is 280 g/mol. The van der Waals surface area contributed by atoms with Gasteiger partial charge in [-0.25, -0.2) is 0 Å². The van der Waals surface area contributed by atoms with Crippen molar-refractivity contribution in [1.29, 1.82) is 0 Å². The highest BCUT2D eigenvalue weighted by Gasteiger charge is 2.65. The molecule has 0 bridgehead atoms. The van der Waals surface area contributed by atoms with Crippen LogP contribution in [0.5, 0.6) is 0 Å². The molecule has 1 saturated heterocycles. The Labute approximate surface area is 122 Å². The summed E-state index contributed by atoms with van der Waals surface area (Å²) in [5.74, 6) is 0.477. The van der Waals surface area contributed by atoms with Crippen molar-refractivity contribution in [2.45, 2.75) is 66.5 Å². The summed E-state index contributed by atoms with van der Waals surface area (Å²) in [6, 6.07) is -0.317. The van der Waals surface area contributed by atoms with E-state index in [9.17, 15) is 9.59 Å². The van der Waals surface area contributed by atoms with E-state index in [0.717, 1.165) is 0 Å². The molecule has 1 N–H and O–H groups in total. The number of rotatable bonds is 3. The van der Waals surface area contributed by atoms with Crippen LogP contribution in [-0.4, -0.2) is 34.8 Å². The van der Waals surface area contributed by atoms with Crippen LogP contribution in [0.25, 0.3) is 0 Å². The van der Waals surface area contributed by atoms with Crippen LogP contribution in [0.1, 0.15) is 54.9 Å². The maximum Gasteiger partial charge on any atom is 0.248 e. The van der Waals surface area contributed by atoms with Gasteiger partial charge in [-0.05, 0) is 37.0 Å². The standard InChI is InChI=1S/C16H28N2O2/c1-8-10-12(19)17-16(6,7)13(20)18(10)9-11-14(2,3)15(11,4)5/h10-11H,8-9H2,1-7H3,(H,17,19). The summed E-state index contributed by atoms with van der Waals surface area (Å²) in [6.45, 7) is 15.2. The Hall–Kier alpha value is -1.06. The smallest absolute Gasteiger partial charge is 0.248 e. The van der Waals surface area contributed by atoms with Gasteiger partial charge in [0.05, 0.1) is 0 Å². The first-order chi connectivity index (χ1) is 8.96. The molecule has 114 valence electrons. The highest BCUT2D eigenvalue weighted by atomic mass is 16.2. The van der Waals surface area contributed by atoms with E-state index in [1.165, 1.54) is 0 Å². The van der Waals surface area contributed by atoms with E-state index in [-0.39, 0.29) is 28.7 Å². The first-order valence-corrected chi connectivity index (χ1v) is 7.60. The molecule has 0 aromatic heterocycles. The first kappa shape index (κ1) is 15.3. The summed E-state index contributed by atoms with van der Waals surface area (Å²) >= 11 is 0. The summed E-state index contributed by atoms with van der Waals surface area (Å²) in [5.41, 5.74) is -0.334. The van der Waals surface area contributed by atoms with E-state index in [4.69, 9.17) is 0 Å². The molecule has 2 amide bonds. The van der Waals surface area contributed by atoms with Gasteiger partial charge in [-0.3, -0.25) is 9.59 Å². The number of amides is 2. The van der Waals surface area contributed by atoms with E-state index in [2.05, 4.69) is 33.0 Å². The van der Waals surface area contributed by atoms with Crippen molar-refractivity contribution in [3.63, 3.8) is 0 Å². The molecule has 1 atom stereocenters. The molecule has 2 aliphatic rings. The maximum absolute atomic E-state index is 12.7. The van der Waals surface area contributed by atoms with E-state index in [0.29, 0.717) is 18.9 Å². The lowest BCUT2D eigenvalue weighted by molar-refractivity contribution is -0.154. The largest absolute Gasteiger partial charge is 0.340 e. The minimum atomic E-state index is -0.786. The highest BCUT2D eigenvalue weighted by molar-refractivity contribution is 5.99. The zero-order valence-corrected chi connectivity index (χ0v) is 13.8. The normalized spacial score (nSPS) is 31.1. The molecule has 2 rings (SSSR count). The van der Waals surface area contributed by atoms with E-state index in [1.807, 2.05) is 11.8 Å². The molecule has 1 heterocycles. The van der Waals surface area contributed by atoms with Gasteiger partial charge >= 0.3 is 0 Å². The van der Waals surface area contributed by atoms with Crippen molar-refractivity contribution in [2.24, 2.45) is 16.7 Å². The lowest BCUT2D eigenvalue weighted by Crippen LogP contribution is -2.68. The van der Waals surface area contributed by atoms with Crippen LogP contribution in [0, 0.1) is 16.7 Å². The third-order valence-electron chi connectivity index (χ3n) is 6.00. The molecule has 0 aromatic rings. The summed E-state index contributed by atoms with van der Waals surface area (Å²) in [6.07, 6.45) is 0.668. The van der Waals surface area contributed by atoms with Gasteiger partial charge in [0.2, 0.25) is 11.8 Å². The minimum Gasteiger partial charge on any atom is -0.340 e. The van der Waals surface area contributed by atoms with E-state index >= 15 is 0 Å². The lowest BCUT2D eigenvalue weighted by Gasteiger charge is -2.43. The number of carbonyl (C=O) groups is 2. The van der Waals surface area contributed by atoms with Crippen LogP contribution in [-0.2, 0) is 9.59 Å². The van der Waals surface area contributed by atoms with Crippen LogP contribution in [0.4, 0.5) is 0 Å². The molecule has 1 unspecified atom stereocenters. The fourth-order valence-electron chi connectivity index (χ4n) is 3.69. The first-order valence-electron chi connectivity index (χ1n) is 7.60. The van der Waals surface area contributed by atoms with Crippen molar-refractivity contribution in [1.82, 2.24) is 10.2 Å². The van der Waals surface area contributed by atoms with Gasteiger partial charge in [0.15, 0.2) is 0 Å². The second-order valence-electron chi connectivity index (χ2n) is 7.99. The zero-order chi connectivity index (χ0) is 15.5. The Morgan fingerprint density at radius 3 is 1.95 bits per heavy atom. The summed E-state index contributed by atoms with van der Waals surface area (Å²) in [7, 11) is 0. The van der Waals surface area contributed by atoms with Crippen LogP contribution < -0.4 is 5.32 Å². The van der Waals surface area contributed by atoms with Crippen molar-refractivity contribution in [2.75, 3.05) is 6.54 Å². The Kier molecular flexibility index (Phi) is 3.23. The zero-order valence-electron chi connectivity index (χ0n) is 13.8. The molecule has 2 fully saturated rings. The number of carbonyl (C=O) groups excluding carboxylic acids is 2.